The zero-order chi connectivity index (χ0) is 16.9. The third kappa shape index (κ3) is 3.70. The fraction of sp³-hybridized carbons (Fsp3) is 0.158. The first-order valence-electron chi connectivity index (χ1n) is 7.76. The molecule has 3 rings (SSSR count). The van der Waals surface area contributed by atoms with Gasteiger partial charge in [0.25, 0.3) is 5.91 Å². The molecular weight excluding hydrogens is 302 g/mol. The predicted octanol–water partition coefficient (Wildman–Crippen LogP) is 2.91. The number of aryl methyl sites for hydroxylation is 1. The molecule has 1 aromatic heterocycles. The van der Waals surface area contributed by atoms with Crippen molar-refractivity contribution in [3.8, 4) is 0 Å². The molecule has 1 atom stereocenters. The van der Waals surface area contributed by atoms with Crippen LogP contribution >= 0.6 is 0 Å². The Balaban J connectivity index is 1.76. The zero-order valence-electron chi connectivity index (χ0n) is 13.4. The Morgan fingerprint density at radius 3 is 2.42 bits per heavy atom. The molecule has 2 N–H and O–H groups in total. The fourth-order valence-electron chi connectivity index (χ4n) is 2.50. The SMILES string of the molecule is Cc1cc(NC(=O)C(O)c2ccccc2)n(Cc2ccccc2)n1. The molecular formula is C19H19N3O2. The van der Waals surface area contributed by atoms with Gasteiger partial charge < -0.3 is 10.4 Å². The van der Waals surface area contributed by atoms with Gasteiger partial charge in [0.05, 0.1) is 12.2 Å². The van der Waals surface area contributed by atoms with Crippen LogP contribution in [-0.4, -0.2) is 20.8 Å². The van der Waals surface area contributed by atoms with Crippen molar-refractivity contribution in [1.82, 2.24) is 9.78 Å². The summed E-state index contributed by atoms with van der Waals surface area (Å²) in [5, 5.41) is 17.4. The lowest BCUT2D eigenvalue weighted by molar-refractivity contribution is -0.124. The summed E-state index contributed by atoms with van der Waals surface area (Å²) in [6.45, 7) is 2.41. The number of aliphatic hydroxyl groups is 1. The van der Waals surface area contributed by atoms with Gasteiger partial charge in [-0.25, -0.2) is 4.68 Å². The summed E-state index contributed by atoms with van der Waals surface area (Å²) in [5.74, 6) is 0.0896. The molecule has 0 aliphatic rings. The van der Waals surface area contributed by atoms with E-state index in [1.165, 1.54) is 0 Å². The Labute approximate surface area is 140 Å². The second-order valence-corrected chi connectivity index (χ2v) is 5.62. The number of rotatable bonds is 5. The van der Waals surface area contributed by atoms with E-state index in [0.29, 0.717) is 17.9 Å². The molecule has 0 aliphatic heterocycles. The van der Waals surface area contributed by atoms with Crippen LogP contribution in [-0.2, 0) is 11.3 Å². The Hall–Kier alpha value is -2.92. The maximum atomic E-state index is 12.3. The normalized spacial score (nSPS) is 11.9. The first kappa shape index (κ1) is 16.0. The number of aliphatic hydroxyl groups excluding tert-OH is 1. The maximum Gasteiger partial charge on any atom is 0.258 e. The Bertz CT molecular complexity index is 813. The van der Waals surface area contributed by atoms with E-state index in [9.17, 15) is 9.90 Å². The van der Waals surface area contributed by atoms with Gasteiger partial charge in [-0.1, -0.05) is 60.7 Å². The minimum atomic E-state index is -1.22. The van der Waals surface area contributed by atoms with Crippen molar-refractivity contribution in [2.45, 2.75) is 19.6 Å². The van der Waals surface area contributed by atoms with Gasteiger partial charge in [0.15, 0.2) is 6.10 Å². The largest absolute Gasteiger partial charge is 0.378 e. The summed E-state index contributed by atoms with van der Waals surface area (Å²) in [5.41, 5.74) is 2.44. The van der Waals surface area contributed by atoms with E-state index in [1.807, 2.05) is 43.3 Å². The van der Waals surface area contributed by atoms with Gasteiger partial charge in [-0.05, 0) is 18.1 Å². The summed E-state index contributed by atoms with van der Waals surface area (Å²) in [6.07, 6.45) is -1.22. The molecule has 1 amide bonds. The Morgan fingerprint density at radius 1 is 1.12 bits per heavy atom. The summed E-state index contributed by atoms with van der Waals surface area (Å²) in [6, 6.07) is 20.5. The van der Waals surface area contributed by atoms with Crippen molar-refractivity contribution in [3.63, 3.8) is 0 Å². The van der Waals surface area contributed by atoms with Crippen LogP contribution in [0.5, 0.6) is 0 Å². The van der Waals surface area contributed by atoms with Gasteiger partial charge >= 0.3 is 0 Å². The van der Waals surface area contributed by atoms with Gasteiger partial charge in [0, 0.05) is 6.07 Å². The summed E-state index contributed by atoms with van der Waals surface area (Å²) < 4.78 is 1.72. The lowest BCUT2D eigenvalue weighted by atomic mass is 10.1. The number of benzene rings is 2. The quantitative estimate of drug-likeness (QED) is 0.759. The van der Waals surface area contributed by atoms with Crippen LogP contribution in [0.1, 0.15) is 22.9 Å². The smallest absolute Gasteiger partial charge is 0.258 e. The molecule has 0 saturated heterocycles. The fourth-order valence-corrected chi connectivity index (χ4v) is 2.50. The first-order valence-corrected chi connectivity index (χ1v) is 7.76. The third-order valence-electron chi connectivity index (χ3n) is 3.69. The van der Waals surface area contributed by atoms with E-state index < -0.39 is 12.0 Å². The highest BCUT2D eigenvalue weighted by Gasteiger charge is 2.19. The van der Waals surface area contributed by atoms with E-state index in [4.69, 9.17) is 0 Å². The number of nitrogens with zero attached hydrogens (tertiary/aromatic N) is 2. The highest BCUT2D eigenvalue weighted by atomic mass is 16.3. The molecule has 3 aromatic rings. The summed E-state index contributed by atoms with van der Waals surface area (Å²) in [7, 11) is 0. The Morgan fingerprint density at radius 2 is 1.75 bits per heavy atom. The van der Waals surface area contributed by atoms with Crippen molar-refractivity contribution >= 4 is 11.7 Å². The number of hydrogen-bond donors (Lipinski definition) is 2. The van der Waals surface area contributed by atoms with Crippen molar-refractivity contribution < 1.29 is 9.90 Å². The van der Waals surface area contributed by atoms with Crippen LogP contribution in [0.4, 0.5) is 5.82 Å². The average Bonchev–Trinajstić information content (AvgIpc) is 2.95. The molecule has 0 fully saturated rings. The standard InChI is InChI=1S/C19H19N3O2/c1-14-12-17(22(21-14)13-15-8-4-2-5-9-15)20-19(24)18(23)16-10-6-3-7-11-16/h2-12,18,23H,13H2,1H3,(H,20,24). The lowest BCUT2D eigenvalue weighted by Crippen LogP contribution is -2.22. The first-order chi connectivity index (χ1) is 11.6. The number of anilines is 1. The molecule has 0 bridgehead atoms. The highest BCUT2D eigenvalue weighted by Crippen LogP contribution is 2.17. The van der Waals surface area contributed by atoms with E-state index in [-0.39, 0.29) is 0 Å². The van der Waals surface area contributed by atoms with Crippen LogP contribution in [0, 0.1) is 6.92 Å². The number of hydrogen-bond acceptors (Lipinski definition) is 3. The molecule has 5 nitrogen and oxygen atoms in total. The molecule has 5 heteroatoms. The van der Waals surface area contributed by atoms with E-state index in [0.717, 1.165) is 11.3 Å². The van der Waals surface area contributed by atoms with Crippen LogP contribution in [0.2, 0.25) is 0 Å². The minimum Gasteiger partial charge on any atom is -0.378 e. The number of carbonyl (C=O) groups is 1. The maximum absolute atomic E-state index is 12.3. The van der Waals surface area contributed by atoms with E-state index in [2.05, 4.69) is 10.4 Å². The van der Waals surface area contributed by atoms with Gasteiger partial charge in [-0.3, -0.25) is 4.79 Å². The molecule has 122 valence electrons. The second-order valence-electron chi connectivity index (χ2n) is 5.62. The molecule has 0 aliphatic carbocycles. The lowest BCUT2D eigenvalue weighted by Gasteiger charge is -2.13. The van der Waals surface area contributed by atoms with Crippen LogP contribution in [0.15, 0.2) is 66.7 Å². The average molecular weight is 321 g/mol. The van der Waals surface area contributed by atoms with Crippen molar-refractivity contribution in [1.29, 1.82) is 0 Å². The van der Waals surface area contributed by atoms with Gasteiger partial charge in [-0.15, -0.1) is 0 Å². The topological polar surface area (TPSA) is 67.2 Å². The van der Waals surface area contributed by atoms with Gasteiger partial charge in [0.2, 0.25) is 0 Å². The molecule has 0 spiro atoms. The van der Waals surface area contributed by atoms with E-state index in [1.54, 1.807) is 35.0 Å². The second kappa shape index (κ2) is 7.10. The molecule has 1 heterocycles. The number of nitrogens with one attached hydrogen (secondary N) is 1. The van der Waals surface area contributed by atoms with Crippen molar-refractivity contribution in [3.05, 3.63) is 83.6 Å². The van der Waals surface area contributed by atoms with E-state index >= 15 is 0 Å². The third-order valence-corrected chi connectivity index (χ3v) is 3.69. The van der Waals surface area contributed by atoms with Gasteiger partial charge in [0.1, 0.15) is 5.82 Å². The Kier molecular flexibility index (Phi) is 4.72. The number of carbonyl (C=O) groups excluding carboxylic acids is 1. The van der Waals surface area contributed by atoms with Crippen molar-refractivity contribution in [2.75, 3.05) is 5.32 Å². The minimum absolute atomic E-state index is 0.476. The zero-order valence-corrected chi connectivity index (χ0v) is 13.4. The summed E-state index contributed by atoms with van der Waals surface area (Å²) in [4.78, 5) is 12.3. The van der Waals surface area contributed by atoms with Crippen molar-refractivity contribution in [2.24, 2.45) is 0 Å². The molecule has 0 radical (unpaired) electrons. The number of amides is 1. The highest BCUT2D eigenvalue weighted by molar-refractivity contribution is 5.94. The predicted molar refractivity (Wildman–Crippen MR) is 92.5 cm³/mol. The summed E-state index contributed by atoms with van der Waals surface area (Å²) >= 11 is 0. The van der Waals surface area contributed by atoms with Crippen LogP contribution in [0.3, 0.4) is 0 Å². The molecule has 0 saturated carbocycles. The molecule has 24 heavy (non-hydrogen) atoms. The van der Waals surface area contributed by atoms with Crippen LogP contribution in [0.25, 0.3) is 0 Å². The molecule has 2 aromatic carbocycles. The van der Waals surface area contributed by atoms with Gasteiger partial charge in [-0.2, -0.15) is 5.10 Å². The number of aromatic nitrogens is 2. The monoisotopic (exact) mass is 321 g/mol. The van der Waals surface area contributed by atoms with Crippen LogP contribution < -0.4 is 5.32 Å². The molecule has 1 unspecified atom stereocenters.